The Kier molecular flexibility index (Phi) is 3.35. The summed E-state index contributed by atoms with van der Waals surface area (Å²) in [4.78, 5) is 6.56. The SMILES string of the molecule is CCC[C@@H]1[C@H]2[C@H]3CC[C@@H](C3)[C@H]2ON1C1CCCCC1. The van der Waals surface area contributed by atoms with E-state index in [0.29, 0.717) is 6.10 Å². The quantitative estimate of drug-likeness (QED) is 0.758. The number of hydrogen-bond donors (Lipinski definition) is 0. The van der Waals surface area contributed by atoms with E-state index in [1.165, 1.54) is 64.2 Å². The van der Waals surface area contributed by atoms with E-state index in [-0.39, 0.29) is 0 Å². The molecule has 2 heteroatoms. The van der Waals surface area contributed by atoms with Crippen LogP contribution in [0.5, 0.6) is 0 Å². The highest BCUT2D eigenvalue weighted by atomic mass is 16.7. The monoisotopic (exact) mass is 263 g/mol. The van der Waals surface area contributed by atoms with Gasteiger partial charge in [0.15, 0.2) is 0 Å². The molecule has 2 nitrogen and oxygen atoms in total. The van der Waals surface area contributed by atoms with Gasteiger partial charge in [-0.3, -0.25) is 4.84 Å². The van der Waals surface area contributed by atoms with Crippen LogP contribution >= 0.6 is 0 Å². The Morgan fingerprint density at radius 1 is 1.00 bits per heavy atom. The molecule has 0 aromatic rings. The summed E-state index contributed by atoms with van der Waals surface area (Å²) in [6.07, 6.45) is 14.8. The molecule has 1 saturated heterocycles. The molecule has 0 aromatic heterocycles. The van der Waals surface area contributed by atoms with Gasteiger partial charge in [0.2, 0.25) is 0 Å². The van der Waals surface area contributed by atoms with Crippen LogP contribution in [0, 0.1) is 17.8 Å². The molecule has 0 N–H and O–H groups in total. The molecule has 5 atom stereocenters. The van der Waals surface area contributed by atoms with Crippen molar-refractivity contribution in [1.82, 2.24) is 5.06 Å². The first-order valence-corrected chi connectivity index (χ1v) is 8.83. The normalized spacial score (nSPS) is 46.9. The zero-order valence-electron chi connectivity index (χ0n) is 12.4. The fourth-order valence-corrected chi connectivity index (χ4v) is 5.67. The van der Waals surface area contributed by atoms with E-state index >= 15 is 0 Å². The maximum Gasteiger partial charge on any atom is 0.0868 e. The molecule has 0 spiro atoms. The van der Waals surface area contributed by atoms with Crippen LogP contribution in [0.4, 0.5) is 0 Å². The Hall–Kier alpha value is -0.0800. The molecule has 0 amide bonds. The number of hydrogen-bond acceptors (Lipinski definition) is 2. The molecule has 0 radical (unpaired) electrons. The zero-order valence-corrected chi connectivity index (χ0v) is 12.4. The Morgan fingerprint density at radius 2 is 1.79 bits per heavy atom. The summed E-state index contributed by atoms with van der Waals surface area (Å²) in [7, 11) is 0. The van der Waals surface area contributed by atoms with Gasteiger partial charge < -0.3 is 0 Å². The van der Waals surface area contributed by atoms with E-state index in [4.69, 9.17) is 4.84 Å². The van der Waals surface area contributed by atoms with Crippen LogP contribution in [-0.2, 0) is 4.84 Å². The van der Waals surface area contributed by atoms with Gasteiger partial charge in [0.05, 0.1) is 6.10 Å². The molecule has 4 fully saturated rings. The Morgan fingerprint density at radius 3 is 2.58 bits per heavy atom. The molecule has 4 rings (SSSR count). The molecule has 108 valence electrons. The molecule has 0 aromatic carbocycles. The molecule has 3 aliphatic carbocycles. The third-order valence-electron chi connectivity index (χ3n) is 6.44. The van der Waals surface area contributed by atoms with Crippen molar-refractivity contribution in [1.29, 1.82) is 0 Å². The molecular weight excluding hydrogens is 234 g/mol. The third-order valence-corrected chi connectivity index (χ3v) is 6.44. The first kappa shape index (κ1) is 12.6. The Labute approximate surface area is 117 Å². The Bertz CT molecular complexity index is 325. The van der Waals surface area contributed by atoms with Gasteiger partial charge in [-0.05, 0) is 50.4 Å². The van der Waals surface area contributed by atoms with Crippen molar-refractivity contribution < 1.29 is 4.84 Å². The second-order valence-electron chi connectivity index (χ2n) is 7.49. The molecule has 4 aliphatic rings. The van der Waals surface area contributed by atoms with Crippen molar-refractivity contribution in [3.8, 4) is 0 Å². The topological polar surface area (TPSA) is 12.5 Å². The van der Waals surface area contributed by atoms with Crippen LogP contribution in [0.15, 0.2) is 0 Å². The molecule has 1 aliphatic heterocycles. The van der Waals surface area contributed by atoms with Crippen molar-refractivity contribution >= 4 is 0 Å². The molecule has 2 bridgehead atoms. The summed E-state index contributed by atoms with van der Waals surface area (Å²) in [5, 5.41) is 2.53. The van der Waals surface area contributed by atoms with Crippen LogP contribution in [0.25, 0.3) is 0 Å². The highest BCUT2D eigenvalue weighted by Gasteiger charge is 2.58. The highest BCUT2D eigenvalue weighted by Crippen LogP contribution is 2.56. The molecular formula is C17H29NO. The average molecular weight is 263 g/mol. The van der Waals surface area contributed by atoms with Crippen LogP contribution in [-0.4, -0.2) is 23.3 Å². The molecule has 3 saturated carbocycles. The lowest BCUT2D eigenvalue weighted by molar-refractivity contribution is -0.204. The summed E-state index contributed by atoms with van der Waals surface area (Å²) < 4.78 is 0. The van der Waals surface area contributed by atoms with E-state index in [2.05, 4.69) is 12.0 Å². The van der Waals surface area contributed by atoms with Gasteiger partial charge in [-0.1, -0.05) is 32.6 Å². The van der Waals surface area contributed by atoms with Crippen molar-refractivity contribution in [2.45, 2.75) is 89.3 Å². The van der Waals surface area contributed by atoms with Gasteiger partial charge in [0.1, 0.15) is 0 Å². The van der Waals surface area contributed by atoms with E-state index in [1.807, 2.05) is 0 Å². The minimum absolute atomic E-state index is 0.609. The van der Waals surface area contributed by atoms with Crippen molar-refractivity contribution in [3.63, 3.8) is 0 Å². The van der Waals surface area contributed by atoms with Crippen molar-refractivity contribution in [2.24, 2.45) is 17.8 Å². The maximum atomic E-state index is 6.56. The number of hydroxylamine groups is 2. The number of rotatable bonds is 3. The summed E-state index contributed by atoms with van der Waals surface area (Å²) in [5.74, 6) is 2.80. The number of fused-ring (bicyclic) bond motifs is 5. The molecule has 0 unspecified atom stereocenters. The van der Waals surface area contributed by atoms with Crippen LogP contribution < -0.4 is 0 Å². The van der Waals surface area contributed by atoms with Crippen molar-refractivity contribution in [2.75, 3.05) is 0 Å². The predicted molar refractivity (Wildman–Crippen MR) is 76.6 cm³/mol. The number of nitrogens with zero attached hydrogens (tertiary/aromatic N) is 1. The predicted octanol–water partition coefficient (Wildman–Crippen LogP) is 4.15. The second-order valence-corrected chi connectivity index (χ2v) is 7.49. The first-order chi connectivity index (χ1) is 9.38. The van der Waals surface area contributed by atoms with E-state index < -0.39 is 0 Å². The van der Waals surface area contributed by atoms with Gasteiger partial charge >= 0.3 is 0 Å². The van der Waals surface area contributed by atoms with Crippen LogP contribution in [0.2, 0.25) is 0 Å². The minimum atomic E-state index is 0.609. The summed E-state index contributed by atoms with van der Waals surface area (Å²) in [6.45, 7) is 2.35. The largest absolute Gasteiger partial charge is 0.294 e. The first-order valence-electron chi connectivity index (χ1n) is 8.83. The highest BCUT2D eigenvalue weighted by molar-refractivity contribution is 5.05. The summed E-state index contributed by atoms with van der Waals surface area (Å²) in [5.41, 5.74) is 0. The molecule has 19 heavy (non-hydrogen) atoms. The minimum Gasteiger partial charge on any atom is -0.294 e. The van der Waals surface area contributed by atoms with Gasteiger partial charge in [0.25, 0.3) is 0 Å². The zero-order chi connectivity index (χ0) is 12.8. The fraction of sp³-hybridized carbons (Fsp3) is 1.00. The van der Waals surface area contributed by atoms with Crippen LogP contribution in [0.1, 0.15) is 71.1 Å². The summed E-state index contributed by atoms with van der Waals surface area (Å²) in [6, 6.07) is 1.50. The third kappa shape index (κ3) is 1.98. The van der Waals surface area contributed by atoms with E-state index in [0.717, 1.165) is 29.8 Å². The lowest BCUT2D eigenvalue weighted by atomic mass is 9.80. The van der Waals surface area contributed by atoms with Gasteiger partial charge in [-0.2, -0.15) is 5.06 Å². The second kappa shape index (κ2) is 5.04. The van der Waals surface area contributed by atoms with E-state index in [1.54, 1.807) is 0 Å². The fourth-order valence-electron chi connectivity index (χ4n) is 5.67. The van der Waals surface area contributed by atoms with E-state index in [9.17, 15) is 0 Å². The maximum absolute atomic E-state index is 6.56. The smallest absolute Gasteiger partial charge is 0.0868 e. The Balaban J connectivity index is 1.54. The standard InChI is InChI=1S/C17H29NO/c1-2-6-15-16-12-9-10-13(11-12)17(16)19-18(15)14-7-4-3-5-8-14/h12-17H,2-11H2,1H3/t12-,13-,15+,16+,17+/m0/s1. The van der Waals surface area contributed by atoms with Gasteiger partial charge in [0, 0.05) is 18.0 Å². The van der Waals surface area contributed by atoms with Crippen molar-refractivity contribution in [3.05, 3.63) is 0 Å². The van der Waals surface area contributed by atoms with Gasteiger partial charge in [-0.15, -0.1) is 0 Å². The molecule has 1 heterocycles. The van der Waals surface area contributed by atoms with Gasteiger partial charge in [-0.25, -0.2) is 0 Å². The van der Waals surface area contributed by atoms with Crippen LogP contribution in [0.3, 0.4) is 0 Å². The average Bonchev–Trinajstić information content (AvgIpc) is 3.12. The summed E-state index contributed by atoms with van der Waals surface area (Å²) >= 11 is 0. The lowest BCUT2D eigenvalue weighted by Gasteiger charge is -2.35. The lowest BCUT2D eigenvalue weighted by Crippen LogP contribution is -2.42.